The molecule has 1 amide bonds. The first-order valence-electron chi connectivity index (χ1n) is 7.55. The molecule has 0 aliphatic heterocycles. The van der Waals surface area contributed by atoms with Gasteiger partial charge in [0.05, 0.1) is 0 Å². The summed E-state index contributed by atoms with van der Waals surface area (Å²) in [6.45, 7) is 9.11. The van der Waals surface area contributed by atoms with Crippen molar-refractivity contribution in [3.05, 3.63) is 53.3 Å². The van der Waals surface area contributed by atoms with Crippen molar-refractivity contribution in [1.82, 2.24) is 4.98 Å². The second kappa shape index (κ2) is 7.07. The molecule has 0 spiro atoms. The predicted molar refractivity (Wildman–Crippen MR) is 91.4 cm³/mol. The average Bonchev–Trinajstić information content (AvgIpc) is 2.49. The number of hydrogen-bond donors (Lipinski definition) is 2. The zero-order valence-electron chi connectivity index (χ0n) is 13.6. The lowest BCUT2D eigenvalue weighted by molar-refractivity contribution is 0.102. The van der Waals surface area contributed by atoms with Gasteiger partial charge in [-0.25, -0.2) is 0 Å². The Hall–Kier alpha value is -2.36. The lowest BCUT2D eigenvalue weighted by Crippen LogP contribution is -2.16. The van der Waals surface area contributed by atoms with Crippen molar-refractivity contribution in [3.8, 4) is 0 Å². The number of carbonyl (C=O) groups is 1. The maximum Gasteiger partial charge on any atom is 0.274 e. The third-order valence-electron chi connectivity index (χ3n) is 3.43. The van der Waals surface area contributed by atoms with Crippen molar-refractivity contribution in [2.24, 2.45) is 5.92 Å². The smallest absolute Gasteiger partial charge is 0.274 e. The maximum atomic E-state index is 12.4. The highest BCUT2D eigenvalue weighted by atomic mass is 16.1. The van der Waals surface area contributed by atoms with Gasteiger partial charge in [0.25, 0.3) is 5.91 Å². The number of hydrogen-bond acceptors (Lipinski definition) is 3. The standard InChI is InChI=1S/C18H23N3O/c1-12(2)11-20-15-8-9-19-16(10-15)18(22)21-17-13(3)6-5-7-14(17)4/h5-10,12H,11H2,1-4H3,(H,19,20)(H,21,22). The first-order valence-corrected chi connectivity index (χ1v) is 7.55. The first kappa shape index (κ1) is 16.0. The number of nitrogens with zero attached hydrogens (tertiary/aromatic N) is 1. The molecule has 116 valence electrons. The van der Waals surface area contributed by atoms with E-state index in [4.69, 9.17) is 0 Å². The number of aryl methyl sites for hydroxylation is 2. The number of nitrogens with one attached hydrogen (secondary N) is 2. The number of amides is 1. The highest BCUT2D eigenvalue weighted by Gasteiger charge is 2.11. The van der Waals surface area contributed by atoms with Crippen LogP contribution in [0.5, 0.6) is 0 Å². The average molecular weight is 297 g/mol. The monoisotopic (exact) mass is 297 g/mol. The Balaban J connectivity index is 2.14. The summed E-state index contributed by atoms with van der Waals surface area (Å²) in [5.41, 5.74) is 4.27. The molecular formula is C18H23N3O. The summed E-state index contributed by atoms with van der Waals surface area (Å²) in [6, 6.07) is 9.60. The van der Waals surface area contributed by atoms with Crippen LogP contribution in [0, 0.1) is 19.8 Å². The SMILES string of the molecule is Cc1cccc(C)c1NC(=O)c1cc(NCC(C)C)ccn1. The molecule has 0 atom stereocenters. The van der Waals surface area contributed by atoms with E-state index in [1.807, 2.05) is 38.1 Å². The molecule has 1 aromatic carbocycles. The van der Waals surface area contributed by atoms with Gasteiger partial charge >= 0.3 is 0 Å². The van der Waals surface area contributed by atoms with Crippen LogP contribution in [0.3, 0.4) is 0 Å². The molecule has 22 heavy (non-hydrogen) atoms. The number of rotatable bonds is 5. The number of benzene rings is 1. The van der Waals surface area contributed by atoms with E-state index in [0.717, 1.165) is 29.0 Å². The lowest BCUT2D eigenvalue weighted by atomic mass is 10.1. The molecule has 0 radical (unpaired) electrons. The Morgan fingerprint density at radius 2 is 1.86 bits per heavy atom. The number of aromatic nitrogens is 1. The molecule has 2 rings (SSSR count). The van der Waals surface area contributed by atoms with Crippen LogP contribution in [0.1, 0.15) is 35.5 Å². The van der Waals surface area contributed by atoms with Gasteiger partial charge in [0.15, 0.2) is 0 Å². The third-order valence-corrected chi connectivity index (χ3v) is 3.43. The van der Waals surface area contributed by atoms with Gasteiger partial charge in [-0.1, -0.05) is 32.0 Å². The van der Waals surface area contributed by atoms with Gasteiger partial charge in [0.2, 0.25) is 0 Å². The Labute approximate surface area is 132 Å². The molecule has 0 bridgehead atoms. The Morgan fingerprint density at radius 3 is 2.50 bits per heavy atom. The van der Waals surface area contributed by atoms with Crippen molar-refractivity contribution < 1.29 is 4.79 Å². The van der Waals surface area contributed by atoms with E-state index in [0.29, 0.717) is 11.6 Å². The van der Waals surface area contributed by atoms with Crippen LogP contribution in [0.25, 0.3) is 0 Å². The molecule has 0 unspecified atom stereocenters. The van der Waals surface area contributed by atoms with Crippen LogP contribution in [0.2, 0.25) is 0 Å². The number of carbonyl (C=O) groups excluding carboxylic acids is 1. The molecular weight excluding hydrogens is 274 g/mol. The van der Waals surface area contributed by atoms with Crippen molar-refractivity contribution in [2.45, 2.75) is 27.7 Å². The van der Waals surface area contributed by atoms with E-state index in [2.05, 4.69) is 29.5 Å². The van der Waals surface area contributed by atoms with Crippen LogP contribution >= 0.6 is 0 Å². The normalized spacial score (nSPS) is 10.6. The maximum absolute atomic E-state index is 12.4. The topological polar surface area (TPSA) is 54.0 Å². The summed E-state index contributed by atoms with van der Waals surface area (Å²) in [4.78, 5) is 16.6. The molecule has 4 heteroatoms. The third kappa shape index (κ3) is 4.07. The predicted octanol–water partition coefficient (Wildman–Crippen LogP) is 4.02. The number of pyridine rings is 1. The molecule has 1 aromatic heterocycles. The van der Waals surface area contributed by atoms with Crippen molar-refractivity contribution in [2.75, 3.05) is 17.2 Å². The number of anilines is 2. The van der Waals surface area contributed by atoms with Gasteiger partial charge in [-0.2, -0.15) is 0 Å². The molecule has 0 saturated heterocycles. The minimum atomic E-state index is -0.189. The van der Waals surface area contributed by atoms with Gasteiger partial charge < -0.3 is 10.6 Å². The summed E-state index contributed by atoms with van der Waals surface area (Å²) < 4.78 is 0. The van der Waals surface area contributed by atoms with Crippen LogP contribution in [0.15, 0.2) is 36.5 Å². The van der Waals surface area contributed by atoms with E-state index >= 15 is 0 Å². The van der Waals surface area contributed by atoms with Crippen molar-refractivity contribution >= 4 is 17.3 Å². The Morgan fingerprint density at radius 1 is 1.18 bits per heavy atom. The molecule has 2 aromatic rings. The second-order valence-electron chi connectivity index (χ2n) is 5.93. The van der Waals surface area contributed by atoms with Gasteiger partial charge in [-0.05, 0) is 43.0 Å². The molecule has 0 aliphatic rings. The van der Waals surface area contributed by atoms with Crippen LogP contribution < -0.4 is 10.6 Å². The fourth-order valence-electron chi connectivity index (χ4n) is 2.18. The zero-order chi connectivity index (χ0) is 16.1. The van der Waals surface area contributed by atoms with Crippen molar-refractivity contribution in [3.63, 3.8) is 0 Å². The van der Waals surface area contributed by atoms with E-state index in [1.54, 1.807) is 12.3 Å². The fraction of sp³-hybridized carbons (Fsp3) is 0.333. The van der Waals surface area contributed by atoms with E-state index < -0.39 is 0 Å². The van der Waals surface area contributed by atoms with Gasteiger partial charge in [0, 0.05) is 24.1 Å². The largest absolute Gasteiger partial charge is 0.385 e. The highest BCUT2D eigenvalue weighted by Crippen LogP contribution is 2.20. The summed E-state index contributed by atoms with van der Waals surface area (Å²) in [6.07, 6.45) is 1.66. The fourth-order valence-corrected chi connectivity index (χ4v) is 2.18. The van der Waals surface area contributed by atoms with Gasteiger partial charge in [-0.3, -0.25) is 9.78 Å². The van der Waals surface area contributed by atoms with Gasteiger partial charge in [-0.15, -0.1) is 0 Å². The quantitative estimate of drug-likeness (QED) is 0.876. The van der Waals surface area contributed by atoms with E-state index in [1.165, 1.54) is 0 Å². The van der Waals surface area contributed by atoms with Crippen molar-refractivity contribution in [1.29, 1.82) is 0 Å². The Kier molecular flexibility index (Phi) is 5.15. The molecule has 0 fully saturated rings. The summed E-state index contributed by atoms with van der Waals surface area (Å²) in [7, 11) is 0. The minimum absolute atomic E-state index is 0.189. The van der Waals surface area contributed by atoms with E-state index in [-0.39, 0.29) is 5.91 Å². The van der Waals surface area contributed by atoms with Crippen LogP contribution in [-0.2, 0) is 0 Å². The highest BCUT2D eigenvalue weighted by molar-refractivity contribution is 6.04. The Bertz CT molecular complexity index is 645. The van der Waals surface area contributed by atoms with Crippen LogP contribution in [0.4, 0.5) is 11.4 Å². The number of para-hydroxylation sites is 1. The summed E-state index contributed by atoms with van der Waals surface area (Å²) in [5.74, 6) is 0.352. The molecule has 4 nitrogen and oxygen atoms in total. The summed E-state index contributed by atoms with van der Waals surface area (Å²) in [5, 5.41) is 6.26. The minimum Gasteiger partial charge on any atom is -0.385 e. The first-order chi connectivity index (χ1) is 10.5. The summed E-state index contributed by atoms with van der Waals surface area (Å²) >= 11 is 0. The molecule has 0 saturated carbocycles. The van der Waals surface area contributed by atoms with Gasteiger partial charge in [0.1, 0.15) is 5.69 Å². The molecule has 2 N–H and O–H groups in total. The van der Waals surface area contributed by atoms with Crippen LogP contribution in [-0.4, -0.2) is 17.4 Å². The molecule has 0 aliphatic carbocycles. The van der Waals surface area contributed by atoms with E-state index in [9.17, 15) is 4.79 Å². The zero-order valence-corrected chi connectivity index (χ0v) is 13.6. The molecule has 1 heterocycles. The second-order valence-corrected chi connectivity index (χ2v) is 5.93. The lowest BCUT2D eigenvalue weighted by Gasteiger charge is -2.12.